The van der Waals surface area contributed by atoms with Crippen LogP contribution in [-0.2, 0) is 4.79 Å². The number of Topliss-reactive ketones (excluding diaryl/α,β-unsaturated/α-hetero) is 1. The first kappa shape index (κ1) is 23.3. The predicted molar refractivity (Wildman–Crippen MR) is 156 cm³/mol. The highest BCUT2D eigenvalue weighted by Gasteiger charge is 2.82. The molecule has 2 saturated carbocycles. The molecule has 0 unspecified atom stereocenters. The lowest BCUT2D eigenvalue weighted by Crippen LogP contribution is -2.65. The average molecular weight is 540 g/mol. The van der Waals surface area contributed by atoms with Crippen LogP contribution in [0.4, 0.5) is 0 Å². The molecule has 0 amide bonds. The first-order valence-corrected chi connectivity index (χ1v) is 14.5. The quantitative estimate of drug-likeness (QED) is 0.338. The summed E-state index contributed by atoms with van der Waals surface area (Å²) in [7, 11) is 0. The Morgan fingerprint density at radius 3 is 1.37 bits per heavy atom. The van der Waals surface area contributed by atoms with Crippen molar-refractivity contribution in [3.63, 3.8) is 0 Å². The third-order valence-corrected chi connectivity index (χ3v) is 11.2. The second kappa shape index (κ2) is 7.43. The van der Waals surface area contributed by atoms with Crippen molar-refractivity contribution in [2.45, 2.75) is 25.9 Å². The third kappa shape index (κ3) is 2.42. The highest BCUT2D eigenvalue weighted by Crippen LogP contribution is 2.82. The Balaban J connectivity index is 1.28. The molecule has 2 fully saturated rings. The summed E-state index contributed by atoms with van der Waals surface area (Å²) in [6.07, 6.45) is 4.23. The molecule has 202 valence electrons. The Bertz CT molecular complexity index is 1850. The van der Waals surface area contributed by atoms with Crippen molar-refractivity contribution in [2.24, 2.45) is 34.5 Å². The van der Waals surface area contributed by atoms with E-state index in [1.807, 2.05) is 54.6 Å². The molecule has 4 aliphatic carbocycles. The van der Waals surface area contributed by atoms with E-state index in [2.05, 4.69) is 50.3 Å². The van der Waals surface area contributed by atoms with Crippen molar-refractivity contribution in [1.82, 2.24) is 13.9 Å². The number of hydrogen-bond acceptors (Lipinski definition) is 3. The molecule has 41 heavy (non-hydrogen) atoms. The number of hydrogen-bond donors (Lipinski definition) is 0. The van der Waals surface area contributed by atoms with Crippen LogP contribution >= 0.6 is 0 Å². The average Bonchev–Trinajstić information content (AvgIpc) is 3.42. The number of carbonyl (C=O) groups excluding carboxylic acids is 1. The number of allylic oxidation sites excluding steroid dienone is 4. The number of rotatable bonds is 3. The molecule has 0 spiro atoms. The number of nitrogens with zero attached hydrogens (tertiary/aromatic N) is 3. The Hall–Kier alpha value is -4.45. The van der Waals surface area contributed by atoms with Gasteiger partial charge < -0.3 is 0 Å². The van der Waals surface area contributed by atoms with Crippen LogP contribution in [0.25, 0.3) is 16.8 Å². The fourth-order valence-electron chi connectivity index (χ4n) is 9.99. The van der Waals surface area contributed by atoms with E-state index in [1.165, 1.54) is 4.57 Å². The van der Waals surface area contributed by atoms with Crippen molar-refractivity contribution < 1.29 is 4.79 Å². The summed E-state index contributed by atoms with van der Waals surface area (Å²) >= 11 is 0. The molecular formula is C35H29N3O3. The Labute approximate surface area is 236 Å². The van der Waals surface area contributed by atoms with E-state index in [9.17, 15) is 14.4 Å². The van der Waals surface area contributed by atoms with E-state index in [1.54, 1.807) is 21.5 Å². The maximum Gasteiger partial charge on any atom is 0.352 e. The number of ketones is 1. The van der Waals surface area contributed by atoms with E-state index < -0.39 is 10.8 Å². The normalized spacial score (nSPS) is 35.3. The molecule has 8 atom stereocenters. The Kier molecular flexibility index (Phi) is 4.22. The summed E-state index contributed by atoms with van der Waals surface area (Å²) in [5.41, 5.74) is 3.04. The summed E-state index contributed by atoms with van der Waals surface area (Å²) in [4.78, 5) is 42.6. The van der Waals surface area contributed by atoms with Crippen LogP contribution in [-0.4, -0.2) is 19.7 Å². The zero-order chi connectivity index (χ0) is 27.8. The van der Waals surface area contributed by atoms with Crippen molar-refractivity contribution in [3.05, 3.63) is 135 Å². The molecule has 10 rings (SSSR count). The summed E-state index contributed by atoms with van der Waals surface area (Å²) in [6, 6.07) is 29.4. The van der Waals surface area contributed by atoms with E-state index >= 15 is 0 Å². The highest BCUT2D eigenvalue weighted by molar-refractivity contribution is 6.23. The molecule has 6 heteroatoms. The summed E-state index contributed by atoms with van der Waals surface area (Å²) in [5.74, 6) is 0.656. The van der Waals surface area contributed by atoms with E-state index in [-0.39, 0.29) is 52.9 Å². The molecule has 3 aromatic carbocycles. The van der Waals surface area contributed by atoms with Crippen molar-refractivity contribution >= 4 is 16.9 Å². The predicted octanol–water partition coefficient (Wildman–Crippen LogP) is 5.16. The van der Waals surface area contributed by atoms with Gasteiger partial charge in [0, 0.05) is 0 Å². The summed E-state index contributed by atoms with van der Waals surface area (Å²) in [6.45, 7) is 4.31. The molecule has 0 radical (unpaired) electrons. The lowest BCUT2D eigenvalue weighted by molar-refractivity contribution is -0.138. The van der Waals surface area contributed by atoms with Gasteiger partial charge in [0.05, 0.1) is 28.6 Å². The Morgan fingerprint density at radius 2 is 0.951 bits per heavy atom. The summed E-state index contributed by atoms with van der Waals surface area (Å²) in [5, 5.41) is 0. The molecule has 2 aliphatic heterocycles. The van der Waals surface area contributed by atoms with E-state index in [0.717, 1.165) is 22.3 Å². The van der Waals surface area contributed by atoms with Gasteiger partial charge in [0.2, 0.25) is 0 Å². The largest absolute Gasteiger partial charge is 0.352 e. The van der Waals surface area contributed by atoms with Crippen LogP contribution in [0.2, 0.25) is 0 Å². The first-order valence-electron chi connectivity index (χ1n) is 14.5. The van der Waals surface area contributed by atoms with Gasteiger partial charge in [0.15, 0.2) is 5.78 Å². The van der Waals surface area contributed by atoms with Crippen LogP contribution in [0.5, 0.6) is 0 Å². The van der Waals surface area contributed by atoms with Crippen LogP contribution in [0.3, 0.4) is 0 Å². The molecule has 4 bridgehead atoms. The summed E-state index contributed by atoms with van der Waals surface area (Å²) < 4.78 is 4.67. The van der Waals surface area contributed by atoms with Crippen LogP contribution in [0, 0.1) is 34.5 Å². The van der Waals surface area contributed by atoms with E-state index in [0.29, 0.717) is 5.69 Å². The van der Waals surface area contributed by atoms with Crippen LogP contribution in [0.1, 0.15) is 37.1 Å². The third-order valence-electron chi connectivity index (χ3n) is 11.2. The van der Waals surface area contributed by atoms with Crippen molar-refractivity contribution in [1.29, 1.82) is 0 Å². The lowest BCUT2D eigenvalue weighted by Gasteiger charge is -2.65. The number of aromatic nitrogens is 3. The molecule has 0 saturated heterocycles. The Morgan fingerprint density at radius 1 is 0.561 bits per heavy atom. The van der Waals surface area contributed by atoms with Gasteiger partial charge in [-0.3, -0.25) is 4.79 Å². The van der Waals surface area contributed by atoms with Crippen molar-refractivity contribution in [2.75, 3.05) is 0 Å². The minimum absolute atomic E-state index is 0.0842. The van der Waals surface area contributed by atoms with Gasteiger partial charge in [-0.2, -0.15) is 0 Å². The molecule has 4 aromatic rings. The minimum atomic E-state index is -0.685. The van der Waals surface area contributed by atoms with Crippen LogP contribution in [0.15, 0.2) is 113 Å². The number of fused-ring (bicyclic) bond motifs is 5. The molecular weight excluding hydrogens is 510 g/mol. The number of carbonyl (C=O) groups is 1. The SMILES string of the molecule is C[C@@]12C(=O)[C@@](C)(C(c3ccccc3)=C1c1ccccc1)[C@H]1[C@@H]3[C@H]([C@H]12)[C@@H]1C=C[C@@H]3n2c(=O)n(-c3ccccc3)c(=O)n21. The van der Waals surface area contributed by atoms with Gasteiger partial charge in [-0.15, -0.1) is 0 Å². The van der Waals surface area contributed by atoms with Gasteiger partial charge in [-0.05, 0) is 71.9 Å². The second-order valence-corrected chi connectivity index (χ2v) is 12.7. The maximum atomic E-state index is 14.8. The standard InChI is InChI=1S/C35H29N3O3/c1-34-27(20-12-6-3-7-13-20)28(21-14-8-4-9-15-21)35(2,31(34)39)30-26-24-19-18-23(25(26)29(30)34)37-32(40)36(33(41)38(24)37)22-16-10-5-11-17-22/h3-19,23-26,29-30H,1-2H3/t23-,24-,25-,26+,29-,30+,34-,35+/m0/s1. The highest BCUT2D eigenvalue weighted by atomic mass is 16.2. The minimum Gasteiger partial charge on any atom is -0.298 e. The maximum absolute atomic E-state index is 14.8. The second-order valence-electron chi connectivity index (χ2n) is 12.7. The molecule has 6 nitrogen and oxygen atoms in total. The monoisotopic (exact) mass is 539 g/mol. The molecule has 1 aromatic heterocycles. The number of benzene rings is 3. The molecule has 6 aliphatic rings. The zero-order valence-corrected chi connectivity index (χ0v) is 22.8. The fourth-order valence-corrected chi connectivity index (χ4v) is 9.99. The zero-order valence-electron chi connectivity index (χ0n) is 22.8. The lowest BCUT2D eigenvalue weighted by atomic mass is 9.40. The van der Waals surface area contributed by atoms with Gasteiger partial charge in [-0.25, -0.2) is 23.5 Å². The first-order chi connectivity index (χ1) is 19.9. The topological polar surface area (TPSA) is 66.0 Å². The smallest absolute Gasteiger partial charge is 0.298 e. The fraction of sp³-hybridized carbons (Fsp3) is 0.286. The van der Waals surface area contributed by atoms with Crippen LogP contribution < -0.4 is 11.4 Å². The van der Waals surface area contributed by atoms with Gasteiger partial charge in [0.25, 0.3) is 0 Å². The molecule has 3 heterocycles. The van der Waals surface area contributed by atoms with E-state index in [4.69, 9.17) is 0 Å². The van der Waals surface area contributed by atoms with Gasteiger partial charge >= 0.3 is 11.4 Å². The van der Waals surface area contributed by atoms with Crippen molar-refractivity contribution in [3.8, 4) is 5.69 Å². The van der Waals surface area contributed by atoms with Gasteiger partial charge in [0.1, 0.15) is 0 Å². The number of para-hydroxylation sites is 1. The molecule has 0 N–H and O–H groups in total. The van der Waals surface area contributed by atoms with Gasteiger partial charge in [-0.1, -0.05) is 91.0 Å².